The molecule has 0 spiro atoms. The highest BCUT2D eigenvalue weighted by Gasteiger charge is 2.26. The molecule has 1 atom stereocenters. The summed E-state index contributed by atoms with van der Waals surface area (Å²) in [5, 5.41) is 10.7. The van der Waals surface area contributed by atoms with Gasteiger partial charge >= 0.3 is 0 Å². The van der Waals surface area contributed by atoms with Crippen LogP contribution in [-0.4, -0.2) is 10.7 Å². The standard InChI is InChI=1S/C10H11NO2S/c12-11(13)10-3-1-2-8-4-7(6-14)5-9(8)10/h1-3,7,14H,4-6H2. The number of rotatable bonds is 2. The van der Waals surface area contributed by atoms with Crippen LogP contribution in [0.5, 0.6) is 0 Å². The fraction of sp³-hybridized carbons (Fsp3) is 0.400. The van der Waals surface area contributed by atoms with E-state index in [0.717, 1.165) is 29.7 Å². The largest absolute Gasteiger partial charge is 0.272 e. The highest BCUT2D eigenvalue weighted by Crippen LogP contribution is 2.33. The van der Waals surface area contributed by atoms with Gasteiger partial charge in [0.15, 0.2) is 0 Å². The molecule has 1 aromatic rings. The number of nitro groups is 1. The molecule has 4 heteroatoms. The van der Waals surface area contributed by atoms with E-state index in [9.17, 15) is 10.1 Å². The summed E-state index contributed by atoms with van der Waals surface area (Å²) in [6.07, 6.45) is 1.73. The van der Waals surface area contributed by atoms with Crippen molar-refractivity contribution in [2.45, 2.75) is 12.8 Å². The van der Waals surface area contributed by atoms with Crippen LogP contribution in [0, 0.1) is 16.0 Å². The van der Waals surface area contributed by atoms with Crippen molar-refractivity contribution in [3.05, 3.63) is 39.4 Å². The summed E-state index contributed by atoms with van der Waals surface area (Å²) in [7, 11) is 0. The monoisotopic (exact) mass is 209 g/mol. The average Bonchev–Trinajstić information content (AvgIpc) is 2.59. The van der Waals surface area contributed by atoms with Crippen molar-refractivity contribution in [3.8, 4) is 0 Å². The SMILES string of the molecule is O=[N+]([O-])c1cccc2c1CC(CS)C2. The zero-order valence-corrected chi connectivity index (χ0v) is 8.54. The normalized spacial score (nSPS) is 19.4. The van der Waals surface area contributed by atoms with Gasteiger partial charge in [0.25, 0.3) is 5.69 Å². The smallest absolute Gasteiger partial charge is 0.258 e. The van der Waals surface area contributed by atoms with E-state index >= 15 is 0 Å². The van der Waals surface area contributed by atoms with Gasteiger partial charge in [-0.15, -0.1) is 0 Å². The molecule has 0 saturated carbocycles. The maximum atomic E-state index is 10.7. The number of benzene rings is 1. The lowest BCUT2D eigenvalue weighted by molar-refractivity contribution is -0.385. The van der Waals surface area contributed by atoms with Gasteiger partial charge in [-0.05, 0) is 30.1 Å². The summed E-state index contributed by atoms with van der Waals surface area (Å²) in [6, 6.07) is 5.32. The van der Waals surface area contributed by atoms with Crippen LogP contribution in [0.15, 0.2) is 18.2 Å². The predicted molar refractivity (Wildman–Crippen MR) is 57.8 cm³/mol. The molecule has 0 bridgehead atoms. The molecule has 1 aromatic carbocycles. The van der Waals surface area contributed by atoms with Crippen LogP contribution in [0.2, 0.25) is 0 Å². The van der Waals surface area contributed by atoms with Crippen molar-refractivity contribution in [2.75, 3.05) is 5.75 Å². The fourth-order valence-electron chi connectivity index (χ4n) is 2.02. The molecule has 1 aliphatic rings. The molecule has 0 aromatic heterocycles. The lowest BCUT2D eigenvalue weighted by Crippen LogP contribution is -2.00. The molecule has 0 amide bonds. The molecule has 14 heavy (non-hydrogen) atoms. The van der Waals surface area contributed by atoms with Crippen molar-refractivity contribution in [2.24, 2.45) is 5.92 Å². The number of hydrogen-bond donors (Lipinski definition) is 1. The zero-order chi connectivity index (χ0) is 10.1. The highest BCUT2D eigenvalue weighted by atomic mass is 32.1. The Morgan fingerprint density at radius 3 is 2.93 bits per heavy atom. The van der Waals surface area contributed by atoms with Crippen LogP contribution >= 0.6 is 12.6 Å². The maximum absolute atomic E-state index is 10.7. The quantitative estimate of drug-likeness (QED) is 0.461. The Balaban J connectivity index is 2.41. The minimum atomic E-state index is -0.292. The lowest BCUT2D eigenvalue weighted by atomic mass is 10.1. The third-order valence-electron chi connectivity index (χ3n) is 2.70. The number of nitrogens with zero attached hydrogens (tertiary/aromatic N) is 1. The molecule has 1 aliphatic carbocycles. The van der Waals surface area contributed by atoms with Crippen LogP contribution in [-0.2, 0) is 12.8 Å². The molecule has 2 rings (SSSR count). The molecule has 0 heterocycles. The molecule has 74 valence electrons. The number of fused-ring (bicyclic) bond motifs is 1. The van der Waals surface area contributed by atoms with Gasteiger partial charge in [-0.25, -0.2) is 0 Å². The van der Waals surface area contributed by atoms with Gasteiger partial charge in [-0.2, -0.15) is 12.6 Å². The Morgan fingerprint density at radius 1 is 1.50 bits per heavy atom. The van der Waals surface area contributed by atoms with Gasteiger partial charge in [-0.3, -0.25) is 10.1 Å². The number of nitro benzene ring substituents is 1. The summed E-state index contributed by atoms with van der Waals surface area (Å²) >= 11 is 4.24. The molecular formula is C10H11NO2S. The predicted octanol–water partition coefficient (Wildman–Crippen LogP) is 2.24. The third-order valence-corrected chi connectivity index (χ3v) is 3.22. The van der Waals surface area contributed by atoms with Crippen molar-refractivity contribution in [3.63, 3.8) is 0 Å². The second-order valence-corrected chi connectivity index (χ2v) is 3.99. The first-order valence-electron chi connectivity index (χ1n) is 4.58. The van der Waals surface area contributed by atoms with Crippen molar-refractivity contribution < 1.29 is 4.92 Å². The Kier molecular flexibility index (Phi) is 2.46. The van der Waals surface area contributed by atoms with Crippen molar-refractivity contribution in [1.82, 2.24) is 0 Å². The summed E-state index contributed by atoms with van der Waals surface area (Å²) in [6.45, 7) is 0. The Labute approximate surface area is 87.7 Å². The minimum Gasteiger partial charge on any atom is -0.258 e. The summed E-state index contributed by atoms with van der Waals surface area (Å²) < 4.78 is 0. The first kappa shape index (κ1) is 9.52. The van der Waals surface area contributed by atoms with Crippen LogP contribution in [0.3, 0.4) is 0 Å². The number of hydrogen-bond acceptors (Lipinski definition) is 3. The van der Waals surface area contributed by atoms with Crippen molar-refractivity contribution >= 4 is 18.3 Å². The van der Waals surface area contributed by atoms with Crippen LogP contribution < -0.4 is 0 Å². The van der Waals surface area contributed by atoms with Gasteiger partial charge in [0, 0.05) is 11.6 Å². The molecule has 0 saturated heterocycles. The Bertz CT molecular complexity index is 378. The first-order chi connectivity index (χ1) is 6.72. The van der Waals surface area contributed by atoms with E-state index in [-0.39, 0.29) is 10.6 Å². The van der Waals surface area contributed by atoms with E-state index in [2.05, 4.69) is 12.6 Å². The third kappa shape index (κ3) is 1.50. The van der Waals surface area contributed by atoms with E-state index in [0.29, 0.717) is 5.92 Å². The first-order valence-corrected chi connectivity index (χ1v) is 5.21. The second kappa shape index (κ2) is 3.61. The average molecular weight is 209 g/mol. The molecule has 1 unspecified atom stereocenters. The summed E-state index contributed by atoms with van der Waals surface area (Å²) in [5.41, 5.74) is 2.31. The van der Waals surface area contributed by atoms with Gasteiger partial charge in [-0.1, -0.05) is 12.1 Å². The molecule has 0 fully saturated rings. The van der Waals surface area contributed by atoms with E-state index in [1.165, 1.54) is 0 Å². The van der Waals surface area contributed by atoms with Crippen LogP contribution in [0.25, 0.3) is 0 Å². The highest BCUT2D eigenvalue weighted by molar-refractivity contribution is 7.80. The van der Waals surface area contributed by atoms with Gasteiger partial charge in [0.05, 0.1) is 4.92 Å². The van der Waals surface area contributed by atoms with Gasteiger partial charge in [0.2, 0.25) is 0 Å². The Hall–Kier alpha value is -1.03. The van der Waals surface area contributed by atoms with E-state index in [4.69, 9.17) is 0 Å². The molecule has 0 aliphatic heterocycles. The fourth-order valence-corrected chi connectivity index (χ4v) is 2.28. The van der Waals surface area contributed by atoms with Gasteiger partial charge < -0.3 is 0 Å². The van der Waals surface area contributed by atoms with E-state index in [1.54, 1.807) is 12.1 Å². The molecule has 3 nitrogen and oxygen atoms in total. The topological polar surface area (TPSA) is 43.1 Å². The van der Waals surface area contributed by atoms with Crippen molar-refractivity contribution in [1.29, 1.82) is 0 Å². The minimum absolute atomic E-state index is 0.270. The number of thiol groups is 1. The maximum Gasteiger partial charge on any atom is 0.272 e. The van der Waals surface area contributed by atoms with Gasteiger partial charge in [0.1, 0.15) is 0 Å². The Morgan fingerprint density at radius 2 is 2.29 bits per heavy atom. The molecule has 0 radical (unpaired) electrons. The van der Waals surface area contributed by atoms with E-state index < -0.39 is 0 Å². The molecular weight excluding hydrogens is 198 g/mol. The van der Waals surface area contributed by atoms with E-state index in [1.807, 2.05) is 6.07 Å². The van der Waals surface area contributed by atoms with Crippen LogP contribution in [0.1, 0.15) is 11.1 Å². The summed E-state index contributed by atoms with van der Waals surface area (Å²) in [5.74, 6) is 1.26. The zero-order valence-electron chi connectivity index (χ0n) is 7.64. The summed E-state index contributed by atoms with van der Waals surface area (Å²) in [4.78, 5) is 10.5. The second-order valence-electron chi connectivity index (χ2n) is 3.63. The molecule has 0 N–H and O–H groups in total. The van der Waals surface area contributed by atoms with Crippen LogP contribution in [0.4, 0.5) is 5.69 Å². The lowest BCUT2D eigenvalue weighted by Gasteiger charge is -2.00.